The van der Waals surface area contributed by atoms with Crippen LogP contribution in [-0.4, -0.2) is 51.4 Å². The quantitative estimate of drug-likeness (QED) is 0.200. The highest BCUT2D eigenvalue weighted by Gasteiger charge is 2.06. The zero-order chi connectivity index (χ0) is 29.6. The van der Waals surface area contributed by atoms with Crippen molar-refractivity contribution in [2.75, 3.05) is 13.2 Å². The molecule has 0 spiro atoms. The van der Waals surface area contributed by atoms with E-state index in [0.29, 0.717) is 48.0 Å². The van der Waals surface area contributed by atoms with Gasteiger partial charge < -0.3 is 40.2 Å². The molecule has 0 aliphatic carbocycles. The fraction of sp³-hybridized carbons (Fsp3) is 0.233. The molecule has 1 amide bonds. The Kier molecular flexibility index (Phi) is 11.6. The van der Waals surface area contributed by atoms with Crippen LogP contribution in [0, 0.1) is 0 Å². The van der Waals surface area contributed by atoms with E-state index in [0.717, 1.165) is 0 Å². The van der Waals surface area contributed by atoms with Gasteiger partial charge in [-0.1, -0.05) is 0 Å². The monoisotopic (exact) mass is 562 g/mol. The number of nitrogens with two attached hydrogens (primary N) is 1. The third-order valence-corrected chi connectivity index (χ3v) is 5.00. The average Bonchev–Trinajstić information content (AvgIpc) is 2.95. The molecule has 2 atom stereocenters. The van der Waals surface area contributed by atoms with Crippen molar-refractivity contribution < 1.29 is 34.0 Å². The molecule has 11 heteroatoms. The second kappa shape index (κ2) is 15.5. The summed E-state index contributed by atoms with van der Waals surface area (Å²) in [7, 11) is 0. The number of hydrogen-bond acceptors (Lipinski definition) is 10. The molecular formula is C30H34N4O7. The third kappa shape index (κ3) is 11.7. The second-order valence-corrected chi connectivity index (χ2v) is 9.06. The Morgan fingerprint density at radius 3 is 1.51 bits per heavy atom. The molecule has 0 aliphatic rings. The molecule has 0 radical (unpaired) electrons. The highest BCUT2D eigenvalue weighted by molar-refractivity contribution is 5.73. The van der Waals surface area contributed by atoms with Gasteiger partial charge in [-0.05, 0) is 74.5 Å². The van der Waals surface area contributed by atoms with Gasteiger partial charge in [-0.3, -0.25) is 4.79 Å². The van der Waals surface area contributed by atoms with E-state index in [1.54, 1.807) is 73.1 Å². The van der Waals surface area contributed by atoms with E-state index in [1.807, 2.05) is 13.8 Å². The maximum atomic E-state index is 10.9. The lowest BCUT2D eigenvalue weighted by molar-refractivity contribution is -0.119. The highest BCUT2D eigenvalue weighted by atomic mass is 16.5. The zero-order valence-corrected chi connectivity index (χ0v) is 23.1. The maximum Gasteiger partial charge on any atom is 0.219 e. The molecule has 2 aromatic carbocycles. The predicted molar refractivity (Wildman–Crippen MR) is 153 cm³/mol. The van der Waals surface area contributed by atoms with E-state index >= 15 is 0 Å². The summed E-state index contributed by atoms with van der Waals surface area (Å²) in [5.74, 6) is 3.59. The van der Waals surface area contributed by atoms with Crippen molar-refractivity contribution in [2.24, 2.45) is 5.73 Å². The maximum absolute atomic E-state index is 10.9. The number of aromatic hydroxyl groups is 2. The molecule has 216 valence electrons. The molecule has 11 nitrogen and oxygen atoms in total. The molecule has 0 aliphatic heterocycles. The summed E-state index contributed by atoms with van der Waals surface area (Å²) in [5, 5.41) is 21.1. The summed E-state index contributed by atoms with van der Waals surface area (Å²) in [6, 6.07) is 19.6. The Morgan fingerprint density at radius 2 is 1.15 bits per heavy atom. The van der Waals surface area contributed by atoms with Gasteiger partial charge in [0, 0.05) is 25.1 Å². The zero-order valence-electron chi connectivity index (χ0n) is 23.1. The summed E-state index contributed by atoms with van der Waals surface area (Å²) < 4.78 is 22.0. The molecule has 4 rings (SSSR count). The van der Waals surface area contributed by atoms with Gasteiger partial charge in [-0.25, -0.2) is 9.97 Å². The molecule has 0 bridgehead atoms. The van der Waals surface area contributed by atoms with Crippen molar-refractivity contribution in [3.63, 3.8) is 0 Å². The van der Waals surface area contributed by atoms with Crippen LogP contribution in [0.1, 0.15) is 20.8 Å². The number of hydrogen-bond donors (Lipinski definition) is 4. The van der Waals surface area contributed by atoms with Crippen LogP contribution < -0.4 is 30.0 Å². The third-order valence-electron chi connectivity index (χ3n) is 5.00. The van der Waals surface area contributed by atoms with Crippen LogP contribution in [0.4, 0.5) is 0 Å². The number of ether oxygens (including phenoxy) is 4. The van der Waals surface area contributed by atoms with Crippen molar-refractivity contribution in [1.82, 2.24) is 15.3 Å². The van der Waals surface area contributed by atoms with Crippen molar-refractivity contribution in [3.8, 4) is 46.3 Å². The molecule has 5 N–H and O–H groups in total. The van der Waals surface area contributed by atoms with Crippen molar-refractivity contribution >= 4 is 5.91 Å². The van der Waals surface area contributed by atoms with Gasteiger partial charge >= 0.3 is 0 Å². The Morgan fingerprint density at radius 1 is 0.732 bits per heavy atom. The number of nitrogens with one attached hydrogen (secondary N) is 1. The lowest BCUT2D eigenvalue weighted by Gasteiger charge is -2.13. The van der Waals surface area contributed by atoms with E-state index in [9.17, 15) is 9.90 Å². The Balaban J connectivity index is 0.000000228. The number of carbonyl (C=O) groups excluding carboxylic acids is 1. The summed E-state index contributed by atoms with van der Waals surface area (Å²) in [6.45, 7) is 6.00. The number of rotatable bonds is 11. The normalized spacial score (nSPS) is 11.7. The fourth-order valence-corrected chi connectivity index (χ4v) is 3.13. The lowest BCUT2D eigenvalue weighted by atomic mass is 10.3. The van der Waals surface area contributed by atoms with E-state index < -0.39 is 0 Å². The highest BCUT2D eigenvalue weighted by Crippen LogP contribution is 2.24. The lowest BCUT2D eigenvalue weighted by Crippen LogP contribution is -2.35. The van der Waals surface area contributed by atoms with Gasteiger partial charge in [0.15, 0.2) is 0 Å². The Bertz CT molecular complexity index is 1330. The number of carbonyl (C=O) groups is 1. The molecule has 2 heterocycles. The van der Waals surface area contributed by atoms with Crippen LogP contribution in [0.3, 0.4) is 0 Å². The summed E-state index contributed by atoms with van der Waals surface area (Å²) in [5.41, 5.74) is 5.59. The van der Waals surface area contributed by atoms with Gasteiger partial charge in [0.1, 0.15) is 47.7 Å². The smallest absolute Gasteiger partial charge is 0.219 e. The first-order valence-corrected chi connectivity index (χ1v) is 12.8. The number of phenols is 2. The molecule has 2 aromatic heterocycles. The van der Waals surface area contributed by atoms with Crippen LogP contribution in [0.5, 0.6) is 46.3 Å². The summed E-state index contributed by atoms with van der Waals surface area (Å²) in [6.07, 6.45) is 3.13. The van der Waals surface area contributed by atoms with Crippen LogP contribution in [0.25, 0.3) is 0 Å². The van der Waals surface area contributed by atoms with E-state index in [1.165, 1.54) is 19.1 Å². The molecule has 0 fully saturated rings. The first-order chi connectivity index (χ1) is 19.7. The molecule has 41 heavy (non-hydrogen) atoms. The van der Waals surface area contributed by atoms with Gasteiger partial charge in [0.2, 0.25) is 17.7 Å². The van der Waals surface area contributed by atoms with Crippen LogP contribution in [0.15, 0.2) is 85.2 Å². The fourth-order valence-electron chi connectivity index (χ4n) is 3.13. The average molecular weight is 563 g/mol. The number of benzene rings is 2. The molecular weight excluding hydrogens is 528 g/mol. The minimum absolute atomic E-state index is 0.0204. The predicted octanol–water partition coefficient (Wildman–Crippen LogP) is 4.79. The number of nitrogens with zero attached hydrogens (tertiary/aromatic N) is 2. The van der Waals surface area contributed by atoms with E-state index in [4.69, 9.17) is 29.8 Å². The number of phenolic OH excluding ortho intramolecular Hbond substituents is 2. The minimum atomic E-state index is -0.0909. The minimum Gasteiger partial charge on any atom is -0.508 e. The van der Waals surface area contributed by atoms with Crippen LogP contribution in [-0.2, 0) is 4.79 Å². The number of amides is 1. The standard InChI is InChI=1S/C16H18N2O4.C14H16N2O3/c1-11(18-12(2)19)10-21-15-7-8-16(17-9-15)22-14-5-3-13(20)4-6-14;1-10(15)9-18-13-6-7-14(16-8-13)19-12-4-2-11(17)3-5-12/h3-9,11,20H,10H2,1-2H3,(H,18,19);2-8,10,17H,9,15H2,1H3/t11-;/m0./s1. The van der Waals surface area contributed by atoms with Crippen molar-refractivity contribution in [1.29, 1.82) is 0 Å². The Hall–Kier alpha value is -5.03. The second-order valence-electron chi connectivity index (χ2n) is 9.06. The largest absolute Gasteiger partial charge is 0.508 e. The van der Waals surface area contributed by atoms with Gasteiger partial charge in [0.05, 0.1) is 18.4 Å². The molecule has 4 aromatic rings. The molecule has 0 saturated carbocycles. The number of pyridine rings is 2. The first-order valence-electron chi connectivity index (χ1n) is 12.8. The van der Waals surface area contributed by atoms with Crippen molar-refractivity contribution in [3.05, 3.63) is 85.2 Å². The van der Waals surface area contributed by atoms with Gasteiger partial charge in [-0.2, -0.15) is 0 Å². The summed E-state index contributed by atoms with van der Waals surface area (Å²) >= 11 is 0. The van der Waals surface area contributed by atoms with Crippen LogP contribution in [0.2, 0.25) is 0 Å². The molecule has 1 unspecified atom stereocenters. The Labute approximate surface area is 238 Å². The van der Waals surface area contributed by atoms with Gasteiger partial charge in [0.25, 0.3) is 0 Å². The van der Waals surface area contributed by atoms with Crippen LogP contribution >= 0.6 is 0 Å². The van der Waals surface area contributed by atoms with Crippen molar-refractivity contribution in [2.45, 2.75) is 32.9 Å². The SMILES string of the molecule is CC(=O)N[C@@H](C)COc1ccc(Oc2ccc(O)cc2)nc1.CC(N)COc1ccc(Oc2ccc(O)cc2)nc1. The molecule has 0 saturated heterocycles. The van der Waals surface area contributed by atoms with E-state index in [-0.39, 0.29) is 29.5 Å². The topological polar surface area (TPSA) is 158 Å². The van der Waals surface area contributed by atoms with Gasteiger partial charge in [-0.15, -0.1) is 0 Å². The van der Waals surface area contributed by atoms with E-state index in [2.05, 4.69) is 15.3 Å². The summed E-state index contributed by atoms with van der Waals surface area (Å²) in [4.78, 5) is 19.2. The number of aromatic nitrogens is 2. The first kappa shape index (κ1) is 30.5.